The van der Waals surface area contributed by atoms with E-state index < -0.39 is 30.0 Å². The van der Waals surface area contributed by atoms with Gasteiger partial charge in [0.25, 0.3) is 0 Å². The van der Waals surface area contributed by atoms with E-state index in [1.165, 1.54) is 0 Å². The van der Waals surface area contributed by atoms with Crippen molar-refractivity contribution in [2.75, 3.05) is 6.61 Å². The van der Waals surface area contributed by atoms with Gasteiger partial charge in [-0.25, -0.2) is 4.79 Å². The third-order valence-corrected chi connectivity index (χ3v) is 5.48. The molecule has 2 N–H and O–H groups in total. The number of hydrogen-bond acceptors (Lipinski definition) is 5. The van der Waals surface area contributed by atoms with Crippen LogP contribution in [0.4, 0.5) is 4.79 Å². The summed E-state index contributed by atoms with van der Waals surface area (Å²) in [6.45, 7) is 14.0. The highest BCUT2D eigenvalue weighted by Crippen LogP contribution is 2.36. The molecule has 1 heterocycles. The Morgan fingerprint density at radius 1 is 1.31 bits per heavy atom. The van der Waals surface area contributed by atoms with Gasteiger partial charge >= 0.3 is 13.2 Å². The Labute approximate surface area is 173 Å². The molecule has 1 fully saturated rings. The maximum atomic E-state index is 10.9. The summed E-state index contributed by atoms with van der Waals surface area (Å²) in [4.78, 5) is 10.9. The first-order valence-electron chi connectivity index (χ1n) is 9.80. The number of nitrogens with one attached hydrogen (secondary N) is 1. The van der Waals surface area contributed by atoms with Gasteiger partial charge in [-0.1, -0.05) is 13.0 Å². The number of nitriles is 1. The van der Waals surface area contributed by atoms with E-state index in [2.05, 4.69) is 11.4 Å². The van der Waals surface area contributed by atoms with Gasteiger partial charge in [-0.15, -0.1) is 0 Å². The highest BCUT2D eigenvalue weighted by molar-refractivity contribution is 6.62. The number of nitrogens with zero attached hydrogens (tertiary/aromatic N) is 1. The van der Waals surface area contributed by atoms with Crippen LogP contribution >= 0.6 is 0 Å². The second-order valence-electron chi connectivity index (χ2n) is 9.39. The van der Waals surface area contributed by atoms with Crippen molar-refractivity contribution in [2.45, 2.75) is 71.6 Å². The van der Waals surface area contributed by atoms with Crippen molar-refractivity contribution in [3.05, 3.63) is 23.8 Å². The molecular formula is C21H31BN2O5. The molecule has 1 aromatic rings. The highest BCUT2D eigenvalue weighted by atomic mass is 16.7. The number of benzene rings is 1. The first-order valence-corrected chi connectivity index (χ1v) is 9.80. The Morgan fingerprint density at radius 2 is 1.90 bits per heavy atom. The van der Waals surface area contributed by atoms with Gasteiger partial charge in [0.1, 0.15) is 11.8 Å². The lowest BCUT2D eigenvalue weighted by Crippen LogP contribution is -2.44. The van der Waals surface area contributed by atoms with E-state index in [-0.39, 0.29) is 5.92 Å². The van der Waals surface area contributed by atoms with Crippen LogP contribution in [0.15, 0.2) is 18.2 Å². The zero-order chi connectivity index (χ0) is 22.0. The standard InChI is InChI=1S/C21H31BN2O5/c1-14(11-19(2,3)24-18(25)26)13-27-17-9-8-16(10-15(17)12-23)22-28-20(4,5)21(6,7)29-22/h8-10,14,24H,11,13H2,1-7H3,(H,25,26)/t14-/m0/s1. The van der Waals surface area contributed by atoms with Crippen molar-refractivity contribution in [1.29, 1.82) is 5.26 Å². The Hall–Kier alpha value is -2.24. The molecule has 1 aliphatic heterocycles. The summed E-state index contributed by atoms with van der Waals surface area (Å²) in [5.41, 5.74) is -0.287. The van der Waals surface area contributed by atoms with E-state index in [1.54, 1.807) is 12.1 Å². The molecule has 29 heavy (non-hydrogen) atoms. The van der Waals surface area contributed by atoms with E-state index >= 15 is 0 Å². The lowest BCUT2D eigenvalue weighted by molar-refractivity contribution is 0.00578. The van der Waals surface area contributed by atoms with E-state index in [1.807, 2.05) is 54.5 Å². The molecule has 158 valence electrons. The summed E-state index contributed by atoms with van der Waals surface area (Å²) >= 11 is 0. The molecule has 2 rings (SSSR count). The maximum Gasteiger partial charge on any atom is 0.494 e. The molecule has 0 spiro atoms. The van der Waals surface area contributed by atoms with Crippen LogP contribution < -0.4 is 15.5 Å². The predicted molar refractivity (Wildman–Crippen MR) is 111 cm³/mol. The maximum absolute atomic E-state index is 10.9. The van der Waals surface area contributed by atoms with Gasteiger partial charge in [-0.2, -0.15) is 5.26 Å². The SMILES string of the molecule is C[C@H](COc1ccc(B2OC(C)(C)C(C)(C)O2)cc1C#N)CC(C)(C)NC(=O)O. The van der Waals surface area contributed by atoms with Gasteiger partial charge in [-0.05, 0) is 71.5 Å². The van der Waals surface area contributed by atoms with Crippen LogP contribution in [0.25, 0.3) is 0 Å². The number of carbonyl (C=O) groups is 1. The summed E-state index contributed by atoms with van der Waals surface area (Å²) in [5, 5.41) is 21.0. The fourth-order valence-electron chi connectivity index (χ4n) is 3.39. The summed E-state index contributed by atoms with van der Waals surface area (Å²) in [5.74, 6) is 0.579. The number of ether oxygens (including phenoxy) is 1. The summed E-state index contributed by atoms with van der Waals surface area (Å²) < 4.78 is 18.0. The minimum Gasteiger partial charge on any atom is -0.492 e. The van der Waals surface area contributed by atoms with Gasteiger partial charge in [0.2, 0.25) is 0 Å². The summed E-state index contributed by atoms with van der Waals surface area (Å²) in [6, 6.07) is 7.51. The second kappa shape index (κ2) is 8.25. The molecule has 1 aromatic carbocycles. The molecule has 1 aliphatic rings. The van der Waals surface area contributed by atoms with Gasteiger partial charge in [0.15, 0.2) is 0 Å². The Bertz CT molecular complexity index is 785. The molecule has 1 amide bonds. The predicted octanol–water partition coefficient (Wildman–Crippen LogP) is 3.31. The van der Waals surface area contributed by atoms with Gasteiger partial charge in [-0.3, -0.25) is 0 Å². The molecule has 0 aliphatic carbocycles. The number of hydrogen-bond donors (Lipinski definition) is 2. The van der Waals surface area contributed by atoms with Crippen LogP contribution in [0.1, 0.15) is 60.5 Å². The second-order valence-corrected chi connectivity index (χ2v) is 9.39. The smallest absolute Gasteiger partial charge is 0.492 e. The molecule has 7 nitrogen and oxygen atoms in total. The summed E-state index contributed by atoms with van der Waals surface area (Å²) in [7, 11) is -0.539. The van der Waals surface area contributed by atoms with Crippen LogP contribution in [-0.2, 0) is 9.31 Å². The van der Waals surface area contributed by atoms with Crippen molar-refractivity contribution < 1.29 is 23.9 Å². The summed E-state index contributed by atoms with van der Waals surface area (Å²) in [6.07, 6.45) is -0.444. The van der Waals surface area contributed by atoms with Crippen LogP contribution in [0.2, 0.25) is 0 Å². The average Bonchev–Trinajstić information content (AvgIpc) is 2.78. The lowest BCUT2D eigenvalue weighted by Gasteiger charge is -2.32. The van der Waals surface area contributed by atoms with Crippen LogP contribution in [0.5, 0.6) is 5.75 Å². The van der Waals surface area contributed by atoms with E-state index in [9.17, 15) is 10.1 Å². The van der Waals surface area contributed by atoms with Crippen molar-refractivity contribution in [3.8, 4) is 11.8 Å². The number of carboxylic acid groups (broad SMARTS) is 1. The minimum absolute atomic E-state index is 0.0890. The lowest BCUT2D eigenvalue weighted by atomic mass is 9.78. The number of rotatable bonds is 7. The molecule has 0 aromatic heterocycles. The van der Waals surface area contributed by atoms with Crippen LogP contribution in [0.3, 0.4) is 0 Å². The highest BCUT2D eigenvalue weighted by Gasteiger charge is 2.51. The van der Waals surface area contributed by atoms with Gasteiger partial charge in [0.05, 0.1) is 23.4 Å². The van der Waals surface area contributed by atoms with Crippen molar-refractivity contribution in [2.24, 2.45) is 5.92 Å². The quantitative estimate of drug-likeness (QED) is 0.679. The molecule has 0 radical (unpaired) electrons. The third kappa shape index (κ3) is 5.65. The van der Waals surface area contributed by atoms with Crippen molar-refractivity contribution in [3.63, 3.8) is 0 Å². The van der Waals surface area contributed by atoms with Crippen LogP contribution in [0, 0.1) is 17.2 Å². The molecule has 1 saturated heterocycles. The minimum atomic E-state index is -1.05. The monoisotopic (exact) mass is 402 g/mol. The topological polar surface area (TPSA) is 101 Å². The molecular weight excluding hydrogens is 371 g/mol. The first-order chi connectivity index (χ1) is 13.3. The zero-order valence-corrected chi connectivity index (χ0v) is 18.3. The van der Waals surface area contributed by atoms with Crippen LogP contribution in [-0.4, -0.2) is 41.7 Å². The fraction of sp³-hybridized carbons (Fsp3) is 0.619. The third-order valence-electron chi connectivity index (χ3n) is 5.48. The normalized spacial score (nSPS) is 18.8. The Balaban J connectivity index is 2.05. The molecule has 1 atom stereocenters. The molecule has 0 saturated carbocycles. The van der Waals surface area contributed by atoms with Gasteiger partial charge in [0, 0.05) is 5.54 Å². The zero-order valence-electron chi connectivity index (χ0n) is 18.3. The Kier molecular flexibility index (Phi) is 6.56. The van der Waals surface area contributed by atoms with E-state index in [4.69, 9.17) is 19.2 Å². The molecule has 8 heteroatoms. The van der Waals surface area contributed by atoms with Crippen molar-refractivity contribution in [1.82, 2.24) is 5.32 Å². The number of amides is 1. The molecule has 0 unspecified atom stereocenters. The van der Waals surface area contributed by atoms with Gasteiger partial charge < -0.3 is 24.5 Å². The van der Waals surface area contributed by atoms with Crippen molar-refractivity contribution >= 4 is 18.7 Å². The van der Waals surface area contributed by atoms with E-state index in [0.717, 1.165) is 5.46 Å². The first kappa shape index (κ1) is 23.0. The molecule has 0 bridgehead atoms. The van der Waals surface area contributed by atoms with E-state index in [0.29, 0.717) is 24.3 Å². The fourth-order valence-corrected chi connectivity index (χ4v) is 3.39. The largest absolute Gasteiger partial charge is 0.494 e. The Morgan fingerprint density at radius 3 is 2.41 bits per heavy atom. The average molecular weight is 402 g/mol.